The molecule has 28 heavy (non-hydrogen) atoms. The Morgan fingerprint density at radius 1 is 1.36 bits per heavy atom. The Labute approximate surface area is 163 Å². The van der Waals surface area contributed by atoms with Crippen molar-refractivity contribution in [1.82, 2.24) is 14.1 Å². The van der Waals surface area contributed by atoms with Crippen LogP contribution in [0.25, 0.3) is 16.0 Å². The number of hydrogen-bond donors (Lipinski definition) is 1. The molecule has 1 aromatic carbocycles. The molecule has 144 valence electrons. The van der Waals surface area contributed by atoms with E-state index in [9.17, 15) is 4.79 Å². The summed E-state index contributed by atoms with van der Waals surface area (Å²) in [7, 11) is 1.75. The third-order valence-corrected chi connectivity index (χ3v) is 5.43. The van der Waals surface area contributed by atoms with Gasteiger partial charge in [-0.2, -0.15) is 0 Å². The Morgan fingerprint density at radius 3 is 2.89 bits per heavy atom. The summed E-state index contributed by atoms with van der Waals surface area (Å²) in [5.74, 6) is 0. The van der Waals surface area contributed by atoms with Gasteiger partial charge in [-0.15, -0.1) is 0 Å². The molecule has 3 aromatic rings. The summed E-state index contributed by atoms with van der Waals surface area (Å²) in [4.78, 5) is 23.6. The van der Waals surface area contributed by atoms with E-state index < -0.39 is 0 Å². The van der Waals surface area contributed by atoms with Gasteiger partial charge in [0.15, 0.2) is 11.3 Å². The summed E-state index contributed by atoms with van der Waals surface area (Å²) in [5, 5.41) is 0. The van der Waals surface area contributed by atoms with Crippen LogP contribution in [-0.4, -0.2) is 33.2 Å². The lowest BCUT2D eigenvalue weighted by atomic mass is 10.1. The number of rotatable bonds is 3. The SMILES string of the molecule is [C-]#[N+]c1ccccc1Cn1c(=O)n(C)c2nc(C)cc(N3CCC[C@@H](N)C3)c21. The largest absolute Gasteiger partial charge is 0.368 e. The van der Waals surface area contributed by atoms with Crippen LogP contribution in [-0.2, 0) is 13.6 Å². The van der Waals surface area contributed by atoms with Gasteiger partial charge in [-0.1, -0.05) is 24.3 Å². The molecule has 7 heteroatoms. The van der Waals surface area contributed by atoms with Gasteiger partial charge in [0.2, 0.25) is 0 Å². The number of fused-ring (bicyclic) bond motifs is 1. The lowest BCUT2D eigenvalue weighted by Gasteiger charge is -2.33. The van der Waals surface area contributed by atoms with E-state index in [1.54, 1.807) is 22.2 Å². The average Bonchev–Trinajstić information content (AvgIpc) is 2.92. The fourth-order valence-corrected chi connectivity index (χ4v) is 4.03. The number of piperidine rings is 1. The smallest absolute Gasteiger partial charge is 0.330 e. The third kappa shape index (κ3) is 3.06. The molecule has 0 radical (unpaired) electrons. The fraction of sp³-hybridized carbons (Fsp3) is 0.381. The van der Waals surface area contributed by atoms with Crippen molar-refractivity contribution in [2.45, 2.75) is 32.4 Å². The number of imidazole rings is 1. The molecule has 2 aromatic heterocycles. The minimum Gasteiger partial charge on any atom is -0.368 e. The molecule has 1 fully saturated rings. The Morgan fingerprint density at radius 2 is 2.14 bits per heavy atom. The number of nitrogens with two attached hydrogens (primary N) is 1. The third-order valence-electron chi connectivity index (χ3n) is 5.43. The maximum Gasteiger partial charge on any atom is 0.330 e. The summed E-state index contributed by atoms with van der Waals surface area (Å²) in [6.45, 7) is 11.4. The molecular weight excluding hydrogens is 352 g/mol. The van der Waals surface area contributed by atoms with Crippen LogP contribution < -0.4 is 16.3 Å². The molecule has 4 rings (SSSR count). The van der Waals surface area contributed by atoms with Crippen molar-refractivity contribution in [1.29, 1.82) is 0 Å². The summed E-state index contributed by atoms with van der Waals surface area (Å²) in [5.41, 5.74) is 10.8. The molecule has 1 saturated heterocycles. The second kappa shape index (κ2) is 7.13. The van der Waals surface area contributed by atoms with E-state index in [-0.39, 0.29) is 11.7 Å². The summed E-state index contributed by atoms with van der Waals surface area (Å²) in [6, 6.07) is 9.59. The number of hydrogen-bond acceptors (Lipinski definition) is 4. The molecule has 1 aliphatic heterocycles. The fourth-order valence-electron chi connectivity index (χ4n) is 4.03. The molecule has 0 bridgehead atoms. The first-order chi connectivity index (χ1) is 13.5. The Hall–Kier alpha value is -3.11. The van der Waals surface area contributed by atoms with Gasteiger partial charge in [0, 0.05) is 38.4 Å². The molecule has 0 amide bonds. The van der Waals surface area contributed by atoms with Crippen molar-refractivity contribution in [2.75, 3.05) is 18.0 Å². The van der Waals surface area contributed by atoms with Crippen molar-refractivity contribution in [3.63, 3.8) is 0 Å². The number of aryl methyl sites for hydroxylation is 2. The first-order valence-corrected chi connectivity index (χ1v) is 9.52. The first kappa shape index (κ1) is 18.3. The number of aromatic nitrogens is 3. The van der Waals surface area contributed by atoms with Gasteiger partial charge >= 0.3 is 5.69 Å². The lowest BCUT2D eigenvalue weighted by molar-refractivity contribution is 0.506. The zero-order chi connectivity index (χ0) is 19.8. The van der Waals surface area contributed by atoms with E-state index >= 15 is 0 Å². The van der Waals surface area contributed by atoms with E-state index in [4.69, 9.17) is 12.3 Å². The molecule has 1 aliphatic rings. The standard InChI is InChI=1S/C21H24N6O/c1-14-11-18(26-10-6-8-16(22)13-26)19-20(24-14)25(3)21(28)27(19)12-15-7-4-5-9-17(15)23-2/h4-5,7,9,11,16H,6,8,10,12-13,22H2,1,3H3/t16-/m1/s1. The number of para-hydroxylation sites is 1. The van der Waals surface area contributed by atoms with Crippen molar-refractivity contribution in [2.24, 2.45) is 12.8 Å². The highest BCUT2D eigenvalue weighted by molar-refractivity contribution is 5.87. The van der Waals surface area contributed by atoms with Crippen LogP contribution in [0.15, 0.2) is 35.1 Å². The minimum atomic E-state index is -0.129. The van der Waals surface area contributed by atoms with E-state index in [1.807, 2.05) is 31.2 Å². The predicted molar refractivity (Wildman–Crippen MR) is 111 cm³/mol. The summed E-state index contributed by atoms with van der Waals surface area (Å²) in [6.07, 6.45) is 2.05. The number of benzene rings is 1. The normalized spacial score (nSPS) is 17.1. The van der Waals surface area contributed by atoms with Crippen LogP contribution in [0.3, 0.4) is 0 Å². The summed E-state index contributed by atoms with van der Waals surface area (Å²) < 4.78 is 3.33. The second-order valence-corrected chi connectivity index (χ2v) is 7.47. The van der Waals surface area contributed by atoms with E-state index in [2.05, 4.69) is 14.7 Å². The van der Waals surface area contributed by atoms with Crippen LogP contribution in [0, 0.1) is 13.5 Å². The summed E-state index contributed by atoms with van der Waals surface area (Å²) >= 11 is 0. The van der Waals surface area contributed by atoms with Gasteiger partial charge in [-0.3, -0.25) is 9.13 Å². The maximum absolute atomic E-state index is 13.1. The average molecular weight is 376 g/mol. The van der Waals surface area contributed by atoms with Crippen molar-refractivity contribution < 1.29 is 0 Å². The van der Waals surface area contributed by atoms with Gasteiger partial charge in [-0.25, -0.2) is 14.6 Å². The monoisotopic (exact) mass is 376 g/mol. The van der Waals surface area contributed by atoms with Crippen LogP contribution in [0.2, 0.25) is 0 Å². The zero-order valence-electron chi connectivity index (χ0n) is 16.2. The van der Waals surface area contributed by atoms with E-state index in [1.165, 1.54) is 0 Å². The highest BCUT2D eigenvalue weighted by Crippen LogP contribution is 2.30. The molecular formula is C21H24N6O. The van der Waals surface area contributed by atoms with Crippen LogP contribution in [0.1, 0.15) is 24.1 Å². The van der Waals surface area contributed by atoms with Gasteiger partial charge in [-0.05, 0) is 31.4 Å². The van der Waals surface area contributed by atoms with E-state index in [0.717, 1.165) is 48.4 Å². The van der Waals surface area contributed by atoms with E-state index in [0.29, 0.717) is 17.9 Å². The van der Waals surface area contributed by atoms with Gasteiger partial charge in [0.05, 0.1) is 12.3 Å². The molecule has 0 saturated carbocycles. The zero-order valence-corrected chi connectivity index (χ0v) is 16.2. The molecule has 0 spiro atoms. The van der Waals surface area contributed by atoms with Crippen LogP contribution >= 0.6 is 0 Å². The topological polar surface area (TPSA) is 73.4 Å². The number of pyridine rings is 1. The van der Waals surface area contributed by atoms with Crippen LogP contribution in [0.5, 0.6) is 0 Å². The highest BCUT2D eigenvalue weighted by Gasteiger charge is 2.24. The lowest BCUT2D eigenvalue weighted by Crippen LogP contribution is -2.43. The molecule has 3 heterocycles. The first-order valence-electron chi connectivity index (χ1n) is 9.52. The van der Waals surface area contributed by atoms with Gasteiger partial charge in [0.1, 0.15) is 5.52 Å². The molecule has 2 N–H and O–H groups in total. The Kier molecular flexibility index (Phi) is 4.65. The minimum absolute atomic E-state index is 0.129. The van der Waals surface area contributed by atoms with Crippen molar-refractivity contribution in [3.05, 3.63) is 63.5 Å². The second-order valence-electron chi connectivity index (χ2n) is 7.47. The highest BCUT2D eigenvalue weighted by atomic mass is 16.1. The number of nitrogens with zero attached hydrogens (tertiary/aromatic N) is 5. The predicted octanol–water partition coefficient (Wildman–Crippen LogP) is 2.57. The van der Waals surface area contributed by atoms with Crippen LogP contribution in [0.4, 0.5) is 11.4 Å². The Balaban J connectivity index is 1.92. The Bertz CT molecular complexity index is 1140. The molecule has 0 unspecified atom stereocenters. The number of anilines is 1. The quantitative estimate of drug-likeness (QED) is 0.713. The molecule has 0 aliphatic carbocycles. The molecule has 7 nitrogen and oxygen atoms in total. The molecule has 1 atom stereocenters. The maximum atomic E-state index is 13.1. The van der Waals surface area contributed by atoms with Crippen molar-refractivity contribution >= 4 is 22.5 Å². The van der Waals surface area contributed by atoms with Gasteiger partial charge in [0.25, 0.3) is 0 Å². The van der Waals surface area contributed by atoms with Crippen molar-refractivity contribution in [3.8, 4) is 0 Å². The van der Waals surface area contributed by atoms with Gasteiger partial charge < -0.3 is 10.6 Å².